The number of amidine groups is 1. The summed E-state index contributed by atoms with van der Waals surface area (Å²) in [5.74, 6) is 1.30. The predicted octanol–water partition coefficient (Wildman–Crippen LogP) is 2.23. The first kappa shape index (κ1) is 25.6. The van der Waals surface area contributed by atoms with E-state index in [1.165, 1.54) is 19.3 Å². The minimum atomic E-state index is -0.523. The fourth-order valence-corrected chi connectivity index (χ4v) is 3.39. The van der Waals surface area contributed by atoms with Gasteiger partial charge in [0.2, 0.25) is 0 Å². The highest BCUT2D eigenvalue weighted by atomic mass is 35.5. The number of oxime groups is 1. The zero-order chi connectivity index (χ0) is 18.2. The predicted molar refractivity (Wildman–Crippen MR) is 111 cm³/mol. The fourth-order valence-electron chi connectivity index (χ4n) is 3.39. The van der Waals surface area contributed by atoms with Crippen molar-refractivity contribution >= 4 is 30.6 Å². The van der Waals surface area contributed by atoms with E-state index in [0.717, 1.165) is 24.2 Å². The maximum absolute atomic E-state index is 10.6. The van der Waals surface area contributed by atoms with Crippen LogP contribution in [0.3, 0.4) is 0 Å². The van der Waals surface area contributed by atoms with Crippen molar-refractivity contribution in [2.75, 3.05) is 33.9 Å². The molecule has 1 heterocycles. The Kier molecular flexibility index (Phi) is 12.2. The van der Waals surface area contributed by atoms with Gasteiger partial charge in [-0.2, -0.15) is 0 Å². The number of nitrogens with two attached hydrogens (primary N) is 1. The summed E-state index contributed by atoms with van der Waals surface area (Å²) in [7, 11) is 3.15. The largest absolute Gasteiger partial charge is 0.493 e. The van der Waals surface area contributed by atoms with Gasteiger partial charge in [-0.05, 0) is 37.6 Å². The maximum atomic E-state index is 10.6. The SMILES string of the molecule is COc1ccc(CC(N)=NO)c(CC(O)CN2CCCCC2)c1OC.Cl.Cl. The Hall–Kier alpha value is -1.41. The molecule has 0 spiro atoms. The highest BCUT2D eigenvalue weighted by Gasteiger charge is 2.21. The van der Waals surface area contributed by atoms with E-state index in [9.17, 15) is 5.11 Å². The molecule has 7 nitrogen and oxygen atoms in total. The molecule has 1 atom stereocenters. The van der Waals surface area contributed by atoms with E-state index in [1.54, 1.807) is 20.3 Å². The highest BCUT2D eigenvalue weighted by Crippen LogP contribution is 2.34. The van der Waals surface area contributed by atoms with Crippen LogP contribution in [-0.2, 0) is 12.8 Å². The standard InChI is InChI=1S/C18H29N3O4.2ClH/c1-24-16-7-6-13(10-17(19)20-23)15(18(16)25-2)11-14(22)12-21-8-4-3-5-9-21;;/h6-7,14,22-23H,3-5,8-12H2,1-2H3,(H2,19,20);2*1H. The van der Waals surface area contributed by atoms with Gasteiger partial charge in [0.05, 0.1) is 20.3 Å². The Morgan fingerprint density at radius 2 is 1.85 bits per heavy atom. The number of rotatable bonds is 8. The molecule has 156 valence electrons. The number of nitrogens with zero attached hydrogens (tertiary/aromatic N) is 2. The molecule has 0 aromatic heterocycles. The van der Waals surface area contributed by atoms with Gasteiger partial charge in [-0.3, -0.25) is 0 Å². The van der Waals surface area contributed by atoms with Gasteiger partial charge < -0.3 is 30.4 Å². The van der Waals surface area contributed by atoms with Crippen molar-refractivity contribution in [1.82, 2.24) is 4.90 Å². The molecule has 1 saturated heterocycles. The van der Waals surface area contributed by atoms with Crippen molar-refractivity contribution in [3.63, 3.8) is 0 Å². The van der Waals surface area contributed by atoms with Crippen LogP contribution in [0.15, 0.2) is 17.3 Å². The summed E-state index contributed by atoms with van der Waals surface area (Å²) in [6, 6.07) is 3.65. The molecule has 0 saturated carbocycles. The van der Waals surface area contributed by atoms with Crippen LogP contribution < -0.4 is 15.2 Å². The van der Waals surface area contributed by atoms with Crippen LogP contribution in [0.5, 0.6) is 11.5 Å². The second-order valence-electron chi connectivity index (χ2n) is 6.43. The average Bonchev–Trinajstić information content (AvgIpc) is 2.63. The minimum absolute atomic E-state index is 0. The molecule has 9 heteroatoms. The van der Waals surface area contributed by atoms with Crippen molar-refractivity contribution in [1.29, 1.82) is 0 Å². The van der Waals surface area contributed by atoms with Crippen molar-refractivity contribution in [2.45, 2.75) is 38.2 Å². The molecule has 1 aliphatic heterocycles. The molecule has 0 amide bonds. The van der Waals surface area contributed by atoms with Crippen LogP contribution in [0, 0.1) is 0 Å². The van der Waals surface area contributed by atoms with Gasteiger partial charge in [0.25, 0.3) is 0 Å². The summed E-state index contributed by atoms with van der Waals surface area (Å²) in [6.07, 6.45) is 3.81. The average molecular weight is 424 g/mol. The first-order valence-corrected chi connectivity index (χ1v) is 8.68. The van der Waals surface area contributed by atoms with Gasteiger partial charge in [0.1, 0.15) is 5.84 Å². The molecule has 1 unspecified atom stereocenters. The summed E-state index contributed by atoms with van der Waals surface area (Å²) in [4.78, 5) is 2.30. The third-order valence-corrected chi connectivity index (χ3v) is 4.60. The van der Waals surface area contributed by atoms with Crippen molar-refractivity contribution in [3.05, 3.63) is 23.3 Å². The van der Waals surface area contributed by atoms with Crippen LogP contribution in [0.1, 0.15) is 30.4 Å². The van der Waals surface area contributed by atoms with E-state index in [0.29, 0.717) is 24.5 Å². The third kappa shape index (κ3) is 7.25. The summed E-state index contributed by atoms with van der Waals surface area (Å²) in [6.45, 7) is 2.69. The first-order chi connectivity index (χ1) is 12.1. The van der Waals surface area contributed by atoms with E-state index < -0.39 is 6.10 Å². The van der Waals surface area contributed by atoms with Crippen molar-refractivity contribution in [3.8, 4) is 11.5 Å². The lowest BCUT2D eigenvalue weighted by Gasteiger charge is -2.29. The van der Waals surface area contributed by atoms with Crippen LogP contribution in [0.2, 0.25) is 0 Å². The lowest BCUT2D eigenvalue weighted by molar-refractivity contribution is 0.101. The molecule has 2 rings (SSSR count). The van der Waals surface area contributed by atoms with Gasteiger partial charge in [-0.1, -0.05) is 17.6 Å². The van der Waals surface area contributed by atoms with Crippen LogP contribution in [0.4, 0.5) is 0 Å². The number of methoxy groups -OCH3 is 2. The number of benzene rings is 1. The Labute approximate surface area is 173 Å². The van der Waals surface area contributed by atoms with Gasteiger partial charge in [0, 0.05) is 24.9 Å². The zero-order valence-electron chi connectivity index (χ0n) is 15.9. The van der Waals surface area contributed by atoms with E-state index in [4.69, 9.17) is 20.4 Å². The van der Waals surface area contributed by atoms with E-state index in [1.807, 2.05) is 6.07 Å². The first-order valence-electron chi connectivity index (χ1n) is 8.68. The second-order valence-corrected chi connectivity index (χ2v) is 6.43. The molecule has 1 aromatic rings. The summed E-state index contributed by atoms with van der Waals surface area (Å²) in [5, 5.41) is 22.5. The maximum Gasteiger partial charge on any atom is 0.164 e. The normalized spacial score (nSPS) is 16.0. The molecule has 4 N–H and O–H groups in total. The summed E-state index contributed by atoms with van der Waals surface area (Å²) >= 11 is 0. The quantitative estimate of drug-likeness (QED) is 0.256. The van der Waals surface area contributed by atoms with Crippen LogP contribution in [-0.4, -0.2) is 61.0 Å². The number of aliphatic hydroxyl groups is 1. The molecule has 1 aromatic carbocycles. The molecule has 0 aliphatic carbocycles. The summed E-state index contributed by atoms with van der Waals surface area (Å²) in [5.41, 5.74) is 7.36. The highest BCUT2D eigenvalue weighted by molar-refractivity contribution is 5.85. The van der Waals surface area contributed by atoms with E-state index >= 15 is 0 Å². The van der Waals surface area contributed by atoms with Gasteiger partial charge in [-0.15, -0.1) is 24.8 Å². The Balaban J connectivity index is 0.00000338. The lowest BCUT2D eigenvalue weighted by atomic mass is 9.96. The molecule has 1 aliphatic rings. The Morgan fingerprint density at radius 3 is 2.41 bits per heavy atom. The molecule has 0 bridgehead atoms. The monoisotopic (exact) mass is 423 g/mol. The molecule has 27 heavy (non-hydrogen) atoms. The summed E-state index contributed by atoms with van der Waals surface area (Å²) < 4.78 is 10.9. The number of hydrogen-bond donors (Lipinski definition) is 3. The molecule has 1 fully saturated rings. The second kappa shape index (κ2) is 12.9. The smallest absolute Gasteiger partial charge is 0.164 e. The molecule has 0 radical (unpaired) electrons. The fraction of sp³-hybridized carbons (Fsp3) is 0.611. The minimum Gasteiger partial charge on any atom is -0.493 e. The number of halogens is 2. The topological polar surface area (TPSA) is 101 Å². The zero-order valence-corrected chi connectivity index (χ0v) is 17.5. The van der Waals surface area contributed by atoms with Gasteiger partial charge >= 0.3 is 0 Å². The number of likely N-dealkylation sites (tertiary alicyclic amines) is 1. The van der Waals surface area contributed by atoms with Crippen LogP contribution >= 0.6 is 24.8 Å². The van der Waals surface area contributed by atoms with E-state index in [-0.39, 0.29) is 37.1 Å². The van der Waals surface area contributed by atoms with Gasteiger partial charge in [-0.25, -0.2) is 0 Å². The number of piperidine rings is 1. The number of β-amino-alcohol motifs (C(OH)–C–C–N with tert-alkyl or cyclic N) is 1. The number of aliphatic hydroxyl groups excluding tert-OH is 1. The van der Waals surface area contributed by atoms with Crippen molar-refractivity contribution in [2.24, 2.45) is 10.9 Å². The van der Waals surface area contributed by atoms with Crippen molar-refractivity contribution < 1.29 is 19.8 Å². The van der Waals surface area contributed by atoms with E-state index in [2.05, 4.69) is 10.1 Å². The third-order valence-electron chi connectivity index (χ3n) is 4.60. The molecular weight excluding hydrogens is 393 g/mol. The number of ether oxygens (including phenoxy) is 2. The van der Waals surface area contributed by atoms with Crippen LogP contribution in [0.25, 0.3) is 0 Å². The Morgan fingerprint density at radius 1 is 1.19 bits per heavy atom. The Bertz CT molecular complexity index is 596. The number of hydrogen-bond acceptors (Lipinski definition) is 6. The molecular formula is C18H31Cl2N3O4. The van der Waals surface area contributed by atoms with Gasteiger partial charge in [0.15, 0.2) is 11.5 Å². The lowest BCUT2D eigenvalue weighted by Crippen LogP contribution is -2.37.